The third-order valence-corrected chi connectivity index (χ3v) is 5.63. The van der Waals surface area contributed by atoms with E-state index in [2.05, 4.69) is 9.35 Å². The number of aromatic nitrogens is 1. The minimum absolute atomic E-state index is 0.223. The quantitative estimate of drug-likeness (QED) is 0.550. The van der Waals surface area contributed by atoms with Gasteiger partial charge in [0.05, 0.1) is 11.1 Å². The van der Waals surface area contributed by atoms with Crippen LogP contribution in [0.25, 0.3) is 0 Å². The van der Waals surface area contributed by atoms with Gasteiger partial charge < -0.3 is 4.74 Å². The van der Waals surface area contributed by atoms with Crippen molar-refractivity contribution < 1.29 is 22.5 Å². The number of hydrogen-bond donors (Lipinski definition) is 0. The first-order valence-corrected chi connectivity index (χ1v) is 9.87. The predicted molar refractivity (Wildman–Crippen MR) is 101 cm³/mol. The molecule has 144 valence electrons. The van der Waals surface area contributed by atoms with Crippen molar-refractivity contribution in [1.82, 2.24) is 4.98 Å². The molecule has 0 saturated heterocycles. The van der Waals surface area contributed by atoms with Gasteiger partial charge >= 0.3 is 11.7 Å². The van der Waals surface area contributed by atoms with Crippen LogP contribution in [0.1, 0.15) is 10.5 Å². The molecule has 1 aromatic heterocycles. The molecule has 0 N–H and O–H groups in total. The summed E-state index contributed by atoms with van der Waals surface area (Å²) in [4.78, 5) is 15.9. The molecule has 0 aliphatic heterocycles. The molecule has 0 bridgehead atoms. The van der Waals surface area contributed by atoms with Crippen molar-refractivity contribution >= 4 is 27.2 Å². The summed E-state index contributed by atoms with van der Waals surface area (Å²) in [6.07, 6.45) is 1.23. The molecule has 1 unspecified atom stereocenters. The lowest BCUT2D eigenvalue weighted by molar-refractivity contribution is 0.0998. The highest BCUT2D eigenvalue weighted by molar-refractivity contribution is 7.94. The second-order valence-electron chi connectivity index (χ2n) is 5.48. The Kier molecular flexibility index (Phi) is 6.01. The van der Waals surface area contributed by atoms with Gasteiger partial charge in [0.15, 0.2) is 0 Å². The number of hydrogen-bond acceptors (Lipinski definition) is 4. The molecule has 1 atom stereocenters. The van der Waals surface area contributed by atoms with E-state index < -0.39 is 21.4 Å². The van der Waals surface area contributed by atoms with E-state index in [1.807, 2.05) is 0 Å². The van der Waals surface area contributed by atoms with Crippen molar-refractivity contribution in [2.45, 2.75) is 10.7 Å². The fourth-order valence-electron chi connectivity index (χ4n) is 2.21. The van der Waals surface area contributed by atoms with Gasteiger partial charge in [0.1, 0.15) is 26.9 Å². The number of amides is 1. The highest BCUT2D eigenvalue weighted by atomic mass is 35.5. The number of benzene rings is 2. The number of nitrogens with zero attached hydrogens (tertiary/aromatic N) is 2. The maximum absolute atomic E-state index is 13.4. The zero-order valence-corrected chi connectivity index (χ0v) is 15.7. The van der Waals surface area contributed by atoms with Gasteiger partial charge in [-0.2, -0.15) is 8.78 Å². The van der Waals surface area contributed by atoms with E-state index in [-0.39, 0.29) is 10.6 Å². The number of alkyl halides is 2. The summed E-state index contributed by atoms with van der Waals surface area (Å²) in [5, 5.41) is 0.485. The molecule has 0 spiro atoms. The molecule has 9 heteroatoms. The van der Waals surface area contributed by atoms with Crippen LogP contribution in [0.2, 0.25) is 5.02 Å². The topological polar surface area (TPSA) is 68.6 Å². The number of carbonyl (C=O) groups is 1. The van der Waals surface area contributed by atoms with Crippen LogP contribution >= 0.6 is 11.6 Å². The molecule has 0 aliphatic carbocycles. The maximum Gasteiger partial charge on any atom is 0.323 e. The summed E-state index contributed by atoms with van der Waals surface area (Å²) in [5.74, 6) is -3.67. The first kappa shape index (κ1) is 19.9. The van der Waals surface area contributed by atoms with Crippen LogP contribution in [-0.2, 0) is 9.73 Å². The number of ether oxygens (including phenoxy) is 1. The second kappa shape index (κ2) is 8.45. The molecule has 0 radical (unpaired) electrons. The van der Waals surface area contributed by atoms with Crippen LogP contribution < -0.4 is 4.74 Å². The van der Waals surface area contributed by atoms with Crippen molar-refractivity contribution in [1.29, 1.82) is 0 Å². The van der Waals surface area contributed by atoms with Gasteiger partial charge in [-0.25, -0.2) is 9.19 Å². The van der Waals surface area contributed by atoms with E-state index in [0.717, 1.165) is 0 Å². The van der Waals surface area contributed by atoms with Crippen LogP contribution in [-0.4, -0.2) is 20.9 Å². The highest BCUT2D eigenvalue weighted by Gasteiger charge is 2.26. The first-order valence-electron chi connectivity index (χ1n) is 7.91. The van der Waals surface area contributed by atoms with Crippen molar-refractivity contribution in [2.24, 2.45) is 4.36 Å². The van der Waals surface area contributed by atoms with Gasteiger partial charge in [0.25, 0.3) is 0 Å². The fourth-order valence-corrected chi connectivity index (χ4v) is 3.67. The summed E-state index contributed by atoms with van der Waals surface area (Å²) in [6.45, 7) is 0. The Morgan fingerprint density at radius 2 is 1.79 bits per heavy atom. The lowest BCUT2D eigenvalue weighted by Gasteiger charge is -2.09. The SMILES string of the molecule is O=C(N=S(=O)(c1ccccc1)C(F)F)c1ccc(Oc2cccc(Cl)c2)cn1. The minimum Gasteiger partial charge on any atom is -0.456 e. The molecular formula is C19H13ClF2N2O3S. The molecular weight excluding hydrogens is 410 g/mol. The van der Waals surface area contributed by atoms with Crippen molar-refractivity contribution in [3.63, 3.8) is 0 Å². The summed E-state index contributed by atoms with van der Waals surface area (Å²) < 4.78 is 48.3. The smallest absolute Gasteiger partial charge is 0.323 e. The molecule has 28 heavy (non-hydrogen) atoms. The molecule has 0 aliphatic rings. The van der Waals surface area contributed by atoms with Crippen LogP contribution in [0.15, 0.2) is 82.2 Å². The van der Waals surface area contributed by atoms with Gasteiger partial charge in [-0.1, -0.05) is 35.9 Å². The van der Waals surface area contributed by atoms with Gasteiger partial charge in [-0.15, -0.1) is 4.36 Å². The first-order chi connectivity index (χ1) is 13.4. The van der Waals surface area contributed by atoms with E-state index >= 15 is 0 Å². The number of rotatable bonds is 5. The lowest BCUT2D eigenvalue weighted by atomic mass is 10.3. The Morgan fingerprint density at radius 1 is 1.04 bits per heavy atom. The molecule has 0 fully saturated rings. The van der Waals surface area contributed by atoms with E-state index in [0.29, 0.717) is 16.5 Å². The Balaban J connectivity index is 1.86. The highest BCUT2D eigenvalue weighted by Crippen LogP contribution is 2.25. The number of carbonyl (C=O) groups excluding carboxylic acids is 1. The van der Waals surface area contributed by atoms with Gasteiger partial charge in [-0.3, -0.25) is 4.79 Å². The summed E-state index contributed by atoms with van der Waals surface area (Å²) in [5.41, 5.74) is -0.234. The van der Waals surface area contributed by atoms with Crippen LogP contribution in [0.3, 0.4) is 0 Å². The second-order valence-corrected chi connectivity index (χ2v) is 8.06. The molecule has 2 aromatic carbocycles. The Labute approximate surface area is 165 Å². The third-order valence-electron chi connectivity index (χ3n) is 3.53. The summed E-state index contributed by atoms with van der Waals surface area (Å²) in [7, 11) is -4.24. The van der Waals surface area contributed by atoms with E-state index in [1.165, 1.54) is 42.6 Å². The Morgan fingerprint density at radius 3 is 2.39 bits per heavy atom. The zero-order valence-electron chi connectivity index (χ0n) is 14.2. The predicted octanol–water partition coefficient (Wildman–Crippen LogP) is 5.42. The van der Waals surface area contributed by atoms with E-state index in [1.54, 1.807) is 30.3 Å². The average molecular weight is 423 g/mol. The molecule has 1 heterocycles. The van der Waals surface area contributed by atoms with Gasteiger partial charge in [-0.05, 0) is 42.5 Å². The normalized spacial score (nSPS) is 13.0. The zero-order chi connectivity index (χ0) is 20.1. The number of halogens is 3. The Bertz CT molecular complexity index is 1100. The summed E-state index contributed by atoms with van der Waals surface area (Å²) in [6, 6.07) is 16.3. The number of pyridine rings is 1. The molecule has 3 rings (SSSR count). The standard InChI is InChI=1S/C19H13ClF2N2O3S/c20-13-5-4-6-14(11-13)27-15-9-10-17(23-12-15)18(25)24-28(26,19(21)22)16-7-2-1-3-8-16/h1-12,19H. The van der Waals surface area contributed by atoms with Gasteiger partial charge in [0.2, 0.25) is 0 Å². The minimum atomic E-state index is -4.24. The molecule has 1 amide bonds. The van der Waals surface area contributed by atoms with Crippen molar-refractivity contribution in [3.05, 3.63) is 83.6 Å². The molecule has 0 saturated carbocycles. The van der Waals surface area contributed by atoms with Crippen LogP contribution in [0, 0.1) is 0 Å². The monoisotopic (exact) mass is 422 g/mol. The average Bonchev–Trinajstić information content (AvgIpc) is 2.69. The Hall–Kier alpha value is -2.84. The van der Waals surface area contributed by atoms with Crippen LogP contribution in [0.5, 0.6) is 11.5 Å². The van der Waals surface area contributed by atoms with Crippen molar-refractivity contribution in [2.75, 3.05) is 0 Å². The van der Waals surface area contributed by atoms with Crippen molar-refractivity contribution in [3.8, 4) is 11.5 Å². The molecule has 3 aromatic rings. The van der Waals surface area contributed by atoms with Gasteiger partial charge in [0, 0.05) is 5.02 Å². The maximum atomic E-state index is 13.4. The third kappa shape index (κ3) is 4.52. The summed E-state index contributed by atoms with van der Waals surface area (Å²) >= 11 is 5.87. The largest absolute Gasteiger partial charge is 0.456 e. The molecule has 5 nitrogen and oxygen atoms in total. The fraction of sp³-hybridized carbons (Fsp3) is 0.0526. The lowest BCUT2D eigenvalue weighted by Crippen LogP contribution is -2.14. The van der Waals surface area contributed by atoms with Crippen LogP contribution in [0.4, 0.5) is 8.78 Å². The van der Waals surface area contributed by atoms with E-state index in [9.17, 15) is 17.8 Å². The van der Waals surface area contributed by atoms with E-state index in [4.69, 9.17) is 16.3 Å².